The van der Waals surface area contributed by atoms with Crippen molar-refractivity contribution in [1.82, 2.24) is 4.98 Å². The molecule has 5 nitrogen and oxygen atoms in total. The van der Waals surface area contributed by atoms with Gasteiger partial charge >= 0.3 is 7.12 Å². The van der Waals surface area contributed by atoms with E-state index in [1.807, 2.05) is 52.8 Å². The van der Waals surface area contributed by atoms with Crippen LogP contribution in [0.4, 0.5) is 0 Å². The van der Waals surface area contributed by atoms with Gasteiger partial charge < -0.3 is 18.8 Å². The van der Waals surface area contributed by atoms with Gasteiger partial charge in [0.05, 0.1) is 23.2 Å². The standard InChI is InChI=1S/C20H26BCl2NO4/c1-13-10-15(22)18(16(23)11-13)26-9-8-25-17-7-6-14(12-24-17)21-27-19(2,3)20(4,5)28-21/h6-7,10-12,15,18H,8-9H2,1-5H3. The maximum atomic E-state index is 6.28. The smallest absolute Gasteiger partial charge is 0.475 e. The molecule has 0 amide bonds. The van der Waals surface area contributed by atoms with E-state index in [1.54, 1.807) is 12.3 Å². The molecule has 0 saturated carbocycles. The van der Waals surface area contributed by atoms with Crippen LogP contribution in [-0.2, 0) is 14.0 Å². The van der Waals surface area contributed by atoms with Crippen LogP contribution >= 0.6 is 23.2 Å². The summed E-state index contributed by atoms with van der Waals surface area (Å²) in [4.78, 5) is 4.33. The van der Waals surface area contributed by atoms with Crippen molar-refractivity contribution >= 4 is 35.8 Å². The zero-order chi connectivity index (χ0) is 20.5. The van der Waals surface area contributed by atoms with Gasteiger partial charge in [-0.25, -0.2) is 4.98 Å². The molecule has 2 atom stereocenters. The molecule has 1 aliphatic heterocycles. The topological polar surface area (TPSA) is 49.8 Å². The van der Waals surface area contributed by atoms with Gasteiger partial charge in [0.1, 0.15) is 12.7 Å². The van der Waals surface area contributed by atoms with Crippen molar-refractivity contribution in [3.05, 3.63) is 41.1 Å². The molecule has 0 bridgehead atoms. The average Bonchev–Trinajstić information content (AvgIpc) is 2.81. The maximum Gasteiger partial charge on any atom is 0.496 e. The number of ether oxygens (including phenoxy) is 2. The summed E-state index contributed by atoms with van der Waals surface area (Å²) in [5.74, 6) is 0.507. The minimum Gasteiger partial charge on any atom is -0.475 e. The lowest BCUT2D eigenvalue weighted by molar-refractivity contribution is 0.00578. The number of aromatic nitrogens is 1. The van der Waals surface area contributed by atoms with Crippen LogP contribution in [0.5, 0.6) is 5.88 Å². The van der Waals surface area contributed by atoms with Gasteiger partial charge in [0.2, 0.25) is 5.88 Å². The van der Waals surface area contributed by atoms with Gasteiger partial charge in [0.15, 0.2) is 0 Å². The number of halogens is 2. The van der Waals surface area contributed by atoms with Gasteiger partial charge in [-0.3, -0.25) is 0 Å². The van der Waals surface area contributed by atoms with Crippen molar-refractivity contribution in [1.29, 1.82) is 0 Å². The number of hydrogen-bond acceptors (Lipinski definition) is 5. The Bertz CT molecular complexity index is 748. The zero-order valence-corrected chi connectivity index (χ0v) is 18.4. The number of hydrogen-bond donors (Lipinski definition) is 0. The molecule has 0 spiro atoms. The molecule has 1 aromatic heterocycles. The molecule has 8 heteroatoms. The lowest BCUT2D eigenvalue weighted by atomic mass is 9.80. The molecule has 2 unspecified atom stereocenters. The van der Waals surface area contributed by atoms with E-state index in [4.69, 9.17) is 42.0 Å². The van der Waals surface area contributed by atoms with Crippen LogP contribution in [0, 0.1) is 0 Å². The van der Waals surface area contributed by atoms with Crippen molar-refractivity contribution < 1.29 is 18.8 Å². The Morgan fingerprint density at radius 2 is 1.82 bits per heavy atom. The molecule has 0 aromatic carbocycles. The van der Waals surface area contributed by atoms with Gasteiger partial charge in [0, 0.05) is 16.7 Å². The Hall–Kier alpha value is -1.05. The molecule has 0 N–H and O–H groups in total. The minimum atomic E-state index is -0.438. The predicted octanol–water partition coefficient (Wildman–Crippen LogP) is 3.83. The molecule has 1 fully saturated rings. The lowest BCUT2D eigenvalue weighted by Gasteiger charge is -2.32. The molecule has 152 valence electrons. The van der Waals surface area contributed by atoms with Gasteiger partial charge in [-0.1, -0.05) is 29.3 Å². The van der Waals surface area contributed by atoms with Crippen LogP contribution in [0.15, 0.2) is 41.1 Å². The molecule has 2 heterocycles. The van der Waals surface area contributed by atoms with Crippen molar-refractivity contribution in [2.75, 3.05) is 13.2 Å². The second-order valence-electron chi connectivity index (χ2n) is 8.04. The van der Waals surface area contributed by atoms with Gasteiger partial charge in [0.25, 0.3) is 0 Å². The fourth-order valence-corrected chi connectivity index (χ4v) is 3.77. The SMILES string of the molecule is CC1=CC(Cl)C(OCCOc2ccc(B3OC(C)(C)C(C)(C)O3)cn2)C(Cl)=C1. The number of allylic oxidation sites excluding steroid dienone is 2. The normalized spacial score (nSPS) is 26.0. The van der Waals surface area contributed by atoms with Crippen LogP contribution in [-0.4, -0.2) is 48.0 Å². The summed E-state index contributed by atoms with van der Waals surface area (Å²) in [6.45, 7) is 10.7. The van der Waals surface area contributed by atoms with Crippen LogP contribution in [0.1, 0.15) is 34.6 Å². The first-order valence-electron chi connectivity index (χ1n) is 9.35. The number of rotatable bonds is 6. The molecule has 0 radical (unpaired) electrons. The summed E-state index contributed by atoms with van der Waals surface area (Å²) < 4.78 is 23.5. The summed E-state index contributed by atoms with van der Waals surface area (Å²) in [5, 5.41) is 0.319. The molecule has 1 aliphatic carbocycles. The van der Waals surface area contributed by atoms with Gasteiger partial charge in [-0.05, 0) is 46.8 Å². The largest absolute Gasteiger partial charge is 0.496 e. The summed E-state index contributed by atoms with van der Waals surface area (Å²) in [6, 6.07) is 3.69. The minimum absolute atomic E-state index is 0.283. The third-order valence-electron chi connectivity index (χ3n) is 5.26. The van der Waals surface area contributed by atoms with E-state index in [9.17, 15) is 0 Å². The van der Waals surface area contributed by atoms with Crippen molar-refractivity contribution in [2.24, 2.45) is 0 Å². The van der Waals surface area contributed by atoms with Gasteiger partial charge in [-0.2, -0.15) is 0 Å². The highest BCUT2D eigenvalue weighted by Gasteiger charge is 2.51. The molecule has 28 heavy (non-hydrogen) atoms. The summed E-state index contributed by atoms with van der Waals surface area (Å²) in [6.07, 6.45) is 5.15. The van der Waals surface area contributed by atoms with Crippen LogP contribution in [0.3, 0.4) is 0 Å². The number of pyridine rings is 1. The van der Waals surface area contributed by atoms with Crippen LogP contribution in [0.2, 0.25) is 0 Å². The van der Waals surface area contributed by atoms with Crippen LogP contribution < -0.4 is 10.2 Å². The Kier molecular flexibility index (Phi) is 6.47. The first-order valence-corrected chi connectivity index (χ1v) is 10.2. The Labute approximate surface area is 177 Å². The Morgan fingerprint density at radius 1 is 1.14 bits per heavy atom. The van der Waals surface area contributed by atoms with Gasteiger partial charge in [-0.15, -0.1) is 11.6 Å². The van der Waals surface area contributed by atoms with Crippen LogP contribution in [0.25, 0.3) is 0 Å². The summed E-state index contributed by atoms with van der Waals surface area (Å²) in [7, 11) is -0.438. The lowest BCUT2D eigenvalue weighted by Crippen LogP contribution is -2.41. The first-order chi connectivity index (χ1) is 13.1. The van der Waals surface area contributed by atoms with Crippen molar-refractivity contribution in [3.63, 3.8) is 0 Å². The van der Waals surface area contributed by atoms with E-state index >= 15 is 0 Å². The molecular weight excluding hydrogens is 400 g/mol. The fraction of sp³-hybridized carbons (Fsp3) is 0.550. The molecule has 1 aromatic rings. The van der Waals surface area contributed by atoms with E-state index < -0.39 is 7.12 Å². The highest BCUT2D eigenvalue weighted by molar-refractivity contribution is 6.62. The summed E-state index contributed by atoms with van der Waals surface area (Å²) in [5.41, 5.74) is 1.13. The third-order valence-corrected chi connectivity index (χ3v) is 5.94. The fourth-order valence-electron chi connectivity index (χ4n) is 2.93. The second kappa shape index (κ2) is 8.37. The van der Waals surface area contributed by atoms with Crippen molar-refractivity contribution in [2.45, 2.75) is 57.3 Å². The zero-order valence-electron chi connectivity index (χ0n) is 16.9. The first kappa shape index (κ1) is 21.7. The monoisotopic (exact) mass is 425 g/mol. The molecular formula is C20H26BCl2NO4. The van der Waals surface area contributed by atoms with Crippen molar-refractivity contribution in [3.8, 4) is 5.88 Å². The highest BCUT2D eigenvalue weighted by atomic mass is 35.5. The highest BCUT2D eigenvalue weighted by Crippen LogP contribution is 2.36. The average molecular weight is 426 g/mol. The van der Waals surface area contributed by atoms with E-state index in [0.29, 0.717) is 24.1 Å². The second-order valence-corrected chi connectivity index (χ2v) is 8.98. The van der Waals surface area contributed by atoms with E-state index in [0.717, 1.165) is 11.0 Å². The summed E-state index contributed by atoms with van der Waals surface area (Å²) >= 11 is 12.5. The molecule has 3 rings (SSSR count). The quantitative estimate of drug-likeness (QED) is 0.393. The predicted molar refractivity (Wildman–Crippen MR) is 113 cm³/mol. The van der Waals surface area contributed by atoms with E-state index in [2.05, 4.69) is 4.98 Å². The number of alkyl halides is 1. The molecule has 2 aliphatic rings. The van der Waals surface area contributed by atoms with E-state index in [1.165, 1.54) is 0 Å². The van der Waals surface area contributed by atoms with E-state index in [-0.39, 0.29) is 22.7 Å². The third kappa shape index (κ3) is 4.74. The number of nitrogens with zero attached hydrogens (tertiary/aromatic N) is 1. The molecule has 1 saturated heterocycles. The Morgan fingerprint density at radius 3 is 2.39 bits per heavy atom. The Balaban J connectivity index is 1.48. The maximum absolute atomic E-state index is 6.28.